The van der Waals surface area contributed by atoms with Crippen molar-refractivity contribution in [2.75, 3.05) is 5.75 Å². The largest absolute Gasteiger partial charge is 0.166 e. The monoisotopic (exact) mass is 220 g/mol. The van der Waals surface area contributed by atoms with Gasteiger partial charge in [0, 0.05) is 5.56 Å². The Kier molecular flexibility index (Phi) is 3.85. The van der Waals surface area contributed by atoms with Crippen LogP contribution in [0.1, 0.15) is 5.56 Å². The molecule has 74 valence electrons. The van der Waals surface area contributed by atoms with Crippen LogP contribution < -0.4 is 5.19 Å². The summed E-state index contributed by atoms with van der Waals surface area (Å²) in [5.74, 6) is 6.70. The van der Waals surface area contributed by atoms with Crippen LogP contribution in [-0.2, 0) is 0 Å². The summed E-state index contributed by atoms with van der Waals surface area (Å²) in [6, 6.07) is 8.57. The van der Waals surface area contributed by atoms with E-state index in [0.717, 1.165) is 5.56 Å². The van der Waals surface area contributed by atoms with E-state index in [1.165, 1.54) is 5.19 Å². The molecule has 14 heavy (non-hydrogen) atoms. The van der Waals surface area contributed by atoms with Crippen LogP contribution in [-0.4, -0.2) is 13.8 Å². The van der Waals surface area contributed by atoms with Gasteiger partial charge >= 0.3 is 0 Å². The maximum Gasteiger partial charge on any atom is 0.0776 e. The van der Waals surface area contributed by atoms with E-state index < -0.39 is 8.07 Å². The summed E-state index contributed by atoms with van der Waals surface area (Å²) in [5, 5.41) is 1.46. The fourth-order valence-corrected chi connectivity index (χ4v) is 2.47. The number of hydrogen-bond donors (Lipinski definition) is 1. The molecule has 0 amide bonds. The predicted molar refractivity (Wildman–Crippen MR) is 70.2 cm³/mol. The van der Waals surface area contributed by atoms with Gasteiger partial charge in [-0.3, -0.25) is 0 Å². The molecule has 0 bridgehead atoms. The van der Waals surface area contributed by atoms with Gasteiger partial charge in [-0.1, -0.05) is 48.8 Å². The molecule has 1 rings (SSSR count). The van der Waals surface area contributed by atoms with E-state index in [1.54, 1.807) is 0 Å². The van der Waals surface area contributed by atoms with E-state index in [0.29, 0.717) is 5.75 Å². The molecule has 0 nitrogen and oxygen atoms in total. The number of hydrogen-bond acceptors (Lipinski definition) is 1. The van der Waals surface area contributed by atoms with Gasteiger partial charge in [0.15, 0.2) is 0 Å². The van der Waals surface area contributed by atoms with Crippen LogP contribution >= 0.6 is 12.6 Å². The molecule has 0 saturated carbocycles. The molecule has 0 saturated heterocycles. The van der Waals surface area contributed by atoms with Crippen LogP contribution in [0.3, 0.4) is 0 Å². The topological polar surface area (TPSA) is 0 Å². The Morgan fingerprint density at radius 2 is 2.00 bits per heavy atom. The highest BCUT2D eigenvalue weighted by Gasteiger charge is 2.15. The highest BCUT2D eigenvalue weighted by atomic mass is 32.1. The first-order valence-electron chi connectivity index (χ1n) is 4.74. The van der Waals surface area contributed by atoms with E-state index in [-0.39, 0.29) is 0 Å². The van der Waals surface area contributed by atoms with Gasteiger partial charge < -0.3 is 0 Å². The molecule has 0 aliphatic rings. The molecule has 0 radical (unpaired) electrons. The summed E-state index contributed by atoms with van der Waals surface area (Å²) in [6.07, 6.45) is 0. The first kappa shape index (κ1) is 11.4. The molecular formula is C12H16SSi. The van der Waals surface area contributed by atoms with Crippen molar-refractivity contribution >= 4 is 25.9 Å². The fraction of sp³-hybridized carbons (Fsp3) is 0.333. The zero-order valence-electron chi connectivity index (χ0n) is 8.96. The summed E-state index contributed by atoms with van der Waals surface area (Å²) in [4.78, 5) is 0. The van der Waals surface area contributed by atoms with Crippen molar-refractivity contribution in [1.29, 1.82) is 0 Å². The maximum atomic E-state index is 4.07. The summed E-state index contributed by atoms with van der Waals surface area (Å²) in [5.41, 5.74) is 1.11. The molecule has 0 N–H and O–H groups in total. The van der Waals surface area contributed by atoms with Gasteiger partial charge in [0.1, 0.15) is 0 Å². The van der Waals surface area contributed by atoms with Gasteiger partial charge in [0.25, 0.3) is 0 Å². The number of thiol groups is 1. The minimum absolute atomic E-state index is 0.622. The van der Waals surface area contributed by atoms with Crippen molar-refractivity contribution < 1.29 is 0 Å². The second-order valence-corrected chi connectivity index (χ2v) is 9.68. The fourth-order valence-electron chi connectivity index (χ4n) is 1.21. The van der Waals surface area contributed by atoms with Gasteiger partial charge in [-0.2, -0.15) is 12.6 Å². The molecule has 1 aromatic rings. The predicted octanol–water partition coefficient (Wildman–Crippen LogP) is 2.51. The third-order valence-electron chi connectivity index (χ3n) is 2.04. The van der Waals surface area contributed by atoms with Gasteiger partial charge in [0.05, 0.1) is 13.8 Å². The minimum Gasteiger partial charge on any atom is -0.166 e. The standard InChI is InChI=1S/C12H16SSi/c1-14(2,3)12-8-4-6-11(10-12)7-5-9-13/h4,6,8,10,13H,9H2,1-3H3. The lowest BCUT2D eigenvalue weighted by molar-refractivity contribution is 1.63. The van der Waals surface area contributed by atoms with Crippen molar-refractivity contribution in [2.45, 2.75) is 19.6 Å². The molecule has 0 aliphatic carbocycles. The summed E-state index contributed by atoms with van der Waals surface area (Å²) in [7, 11) is -1.19. The first-order valence-corrected chi connectivity index (χ1v) is 8.87. The molecule has 0 fully saturated rings. The van der Waals surface area contributed by atoms with Gasteiger partial charge in [-0.15, -0.1) is 0 Å². The maximum absolute atomic E-state index is 4.07. The molecule has 1 aromatic carbocycles. The van der Waals surface area contributed by atoms with E-state index in [1.807, 2.05) is 0 Å². The molecule has 0 atom stereocenters. The number of rotatable bonds is 1. The van der Waals surface area contributed by atoms with Crippen molar-refractivity contribution in [3.63, 3.8) is 0 Å². The van der Waals surface area contributed by atoms with Crippen molar-refractivity contribution in [3.05, 3.63) is 29.8 Å². The zero-order chi connectivity index (χ0) is 10.6. The van der Waals surface area contributed by atoms with Crippen LogP contribution in [0, 0.1) is 11.8 Å². The SMILES string of the molecule is C[Si](C)(C)c1cccc(C#CCS)c1. The number of benzene rings is 1. The summed E-state index contributed by atoms with van der Waals surface area (Å²) < 4.78 is 0. The zero-order valence-corrected chi connectivity index (χ0v) is 10.9. The van der Waals surface area contributed by atoms with E-state index >= 15 is 0 Å². The van der Waals surface area contributed by atoms with E-state index in [9.17, 15) is 0 Å². The Balaban J connectivity index is 3.02. The first-order chi connectivity index (χ1) is 6.54. The van der Waals surface area contributed by atoms with Gasteiger partial charge in [0.2, 0.25) is 0 Å². The summed E-state index contributed by atoms with van der Waals surface area (Å²) >= 11 is 4.07. The van der Waals surface area contributed by atoms with Gasteiger partial charge in [-0.05, 0) is 12.1 Å². The Morgan fingerprint density at radius 1 is 1.29 bits per heavy atom. The Bertz CT molecular complexity index is 366. The molecule has 2 heteroatoms. The normalized spacial score (nSPS) is 10.6. The third kappa shape index (κ3) is 3.25. The second kappa shape index (κ2) is 4.72. The molecule has 0 spiro atoms. The molecule has 0 aliphatic heterocycles. The molecular weight excluding hydrogens is 204 g/mol. The summed E-state index contributed by atoms with van der Waals surface area (Å²) in [6.45, 7) is 7.04. The molecule has 0 heterocycles. The highest BCUT2D eigenvalue weighted by molar-refractivity contribution is 7.80. The minimum atomic E-state index is -1.19. The second-order valence-electron chi connectivity index (χ2n) is 4.29. The third-order valence-corrected chi connectivity index (χ3v) is 4.24. The van der Waals surface area contributed by atoms with Crippen molar-refractivity contribution in [1.82, 2.24) is 0 Å². The Hall–Kier alpha value is -0.653. The molecule has 0 unspecified atom stereocenters. The lowest BCUT2D eigenvalue weighted by Gasteiger charge is -2.16. The average Bonchev–Trinajstić information content (AvgIpc) is 2.14. The average molecular weight is 220 g/mol. The smallest absolute Gasteiger partial charge is 0.0776 e. The highest BCUT2D eigenvalue weighted by Crippen LogP contribution is 2.04. The van der Waals surface area contributed by atoms with Crippen LogP contribution in [0.25, 0.3) is 0 Å². The van der Waals surface area contributed by atoms with E-state index in [4.69, 9.17) is 0 Å². The Labute approximate surface area is 93.2 Å². The quantitative estimate of drug-likeness (QED) is 0.420. The lowest BCUT2D eigenvalue weighted by atomic mass is 10.2. The lowest BCUT2D eigenvalue weighted by Crippen LogP contribution is -2.37. The van der Waals surface area contributed by atoms with Gasteiger partial charge in [-0.25, -0.2) is 0 Å². The van der Waals surface area contributed by atoms with Crippen LogP contribution in [0.4, 0.5) is 0 Å². The van der Waals surface area contributed by atoms with Crippen LogP contribution in [0.2, 0.25) is 19.6 Å². The Morgan fingerprint density at radius 3 is 2.57 bits per heavy atom. The van der Waals surface area contributed by atoms with Crippen LogP contribution in [0.15, 0.2) is 24.3 Å². The van der Waals surface area contributed by atoms with Crippen LogP contribution in [0.5, 0.6) is 0 Å². The molecule has 0 aromatic heterocycles. The van der Waals surface area contributed by atoms with Crippen molar-refractivity contribution in [3.8, 4) is 11.8 Å². The van der Waals surface area contributed by atoms with Crippen molar-refractivity contribution in [2.24, 2.45) is 0 Å². The van der Waals surface area contributed by atoms with E-state index in [2.05, 4.69) is 68.4 Å².